The molecule has 0 N–H and O–H groups in total. The molecule has 2 aromatic rings. The molecular weight excluding hydrogens is 428 g/mol. The zero-order chi connectivity index (χ0) is 24.3. The molecule has 2 aliphatic heterocycles. The van der Waals surface area contributed by atoms with Gasteiger partial charge in [0.15, 0.2) is 0 Å². The molecule has 0 atom stereocenters. The SMILES string of the molecule is Cc1cc(C(=O)N2CCC3(CCN(C(=O)CCCOc4ccccc4)CC3)C2)n(C(C)(C)C)n1. The molecule has 1 aromatic heterocycles. The number of amides is 2. The number of carbonyl (C=O) groups is 2. The first kappa shape index (κ1) is 24.3. The van der Waals surface area contributed by atoms with Gasteiger partial charge in [0.2, 0.25) is 5.91 Å². The molecule has 3 heterocycles. The molecule has 7 heteroatoms. The van der Waals surface area contributed by atoms with Gasteiger partial charge in [0.25, 0.3) is 5.91 Å². The Balaban J connectivity index is 1.25. The summed E-state index contributed by atoms with van der Waals surface area (Å²) in [5.41, 5.74) is 1.43. The average Bonchev–Trinajstić information content (AvgIpc) is 3.41. The third-order valence-electron chi connectivity index (χ3n) is 7.14. The Morgan fingerprint density at radius 3 is 2.32 bits per heavy atom. The van der Waals surface area contributed by atoms with Gasteiger partial charge in [0.05, 0.1) is 17.8 Å². The molecular formula is C27H38N4O3. The van der Waals surface area contributed by atoms with E-state index >= 15 is 0 Å². The highest BCUT2D eigenvalue weighted by Gasteiger charge is 2.43. The predicted octanol–water partition coefficient (Wildman–Crippen LogP) is 4.26. The summed E-state index contributed by atoms with van der Waals surface area (Å²) in [6, 6.07) is 11.6. The molecule has 0 unspecified atom stereocenters. The standard InChI is InChI=1S/C27H38N4O3/c1-21-19-23(31(28-21)26(2,3)4)25(33)30-17-14-27(20-30)12-15-29(16-13-27)24(32)11-8-18-34-22-9-6-5-7-10-22/h5-7,9-10,19H,8,11-18,20H2,1-4H3. The van der Waals surface area contributed by atoms with Crippen molar-refractivity contribution < 1.29 is 14.3 Å². The second kappa shape index (κ2) is 9.80. The minimum absolute atomic E-state index is 0.0734. The maximum atomic E-state index is 13.4. The Bertz CT molecular complexity index is 1000. The molecule has 2 saturated heterocycles. The number of aromatic nitrogens is 2. The molecule has 0 saturated carbocycles. The number of piperidine rings is 1. The van der Waals surface area contributed by atoms with E-state index in [0.29, 0.717) is 18.7 Å². The highest BCUT2D eigenvalue weighted by molar-refractivity contribution is 5.93. The van der Waals surface area contributed by atoms with Crippen LogP contribution in [0.25, 0.3) is 0 Å². The molecule has 184 valence electrons. The lowest BCUT2D eigenvalue weighted by Crippen LogP contribution is -2.45. The molecule has 0 aliphatic carbocycles. The zero-order valence-electron chi connectivity index (χ0n) is 21.0. The van der Waals surface area contributed by atoms with Crippen molar-refractivity contribution in [3.8, 4) is 5.75 Å². The smallest absolute Gasteiger partial charge is 0.272 e. The van der Waals surface area contributed by atoms with E-state index < -0.39 is 0 Å². The maximum absolute atomic E-state index is 13.4. The van der Waals surface area contributed by atoms with Crippen LogP contribution in [0.2, 0.25) is 0 Å². The molecule has 1 aromatic carbocycles. The van der Waals surface area contributed by atoms with Crippen LogP contribution < -0.4 is 4.74 Å². The quantitative estimate of drug-likeness (QED) is 0.597. The molecule has 2 amide bonds. The van der Waals surface area contributed by atoms with Gasteiger partial charge in [0.1, 0.15) is 11.4 Å². The fourth-order valence-corrected chi connectivity index (χ4v) is 5.16. The van der Waals surface area contributed by atoms with Crippen molar-refractivity contribution in [3.63, 3.8) is 0 Å². The van der Waals surface area contributed by atoms with Crippen molar-refractivity contribution in [3.05, 3.63) is 47.8 Å². The second-order valence-electron chi connectivity index (χ2n) is 10.9. The van der Waals surface area contributed by atoms with Crippen molar-refractivity contribution in [1.29, 1.82) is 0 Å². The zero-order valence-corrected chi connectivity index (χ0v) is 21.0. The number of para-hydroxylation sites is 1. The molecule has 7 nitrogen and oxygen atoms in total. The molecule has 2 fully saturated rings. The fraction of sp³-hybridized carbons (Fsp3) is 0.593. The summed E-state index contributed by atoms with van der Waals surface area (Å²) >= 11 is 0. The van der Waals surface area contributed by atoms with Crippen LogP contribution in [0.5, 0.6) is 5.75 Å². The van der Waals surface area contributed by atoms with Crippen LogP contribution in [0.15, 0.2) is 36.4 Å². The summed E-state index contributed by atoms with van der Waals surface area (Å²) in [6.45, 7) is 11.8. The predicted molar refractivity (Wildman–Crippen MR) is 132 cm³/mol. The molecule has 0 bridgehead atoms. The van der Waals surface area contributed by atoms with Gasteiger partial charge in [-0.15, -0.1) is 0 Å². The Labute approximate surface area is 203 Å². The summed E-state index contributed by atoms with van der Waals surface area (Å²) in [5, 5.41) is 4.57. The van der Waals surface area contributed by atoms with Crippen molar-refractivity contribution >= 4 is 11.8 Å². The molecule has 0 radical (unpaired) electrons. The Morgan fingerprint density at radius 2 is 1.68 bits per heavy atom. The number of hydrogen-bond acceptors (Lipinski definition) is 4. The topological polar surface area (TPSA) is 67.7 Å². The van der Waals surface area contributed by atoms with Gasteiger partial charge in [-0.2, -0.15) is 5.10 Å². The average molecular weight is 467 g/mol. The van der Waals surface area contributed by atoms with E-state index in [2.05, 4.69) is 25.9 Å². The Hall–Kier alpha value is -2.83. The van der Waals surface area contributed by atoms with Crippen LogP contribution in [-0.4, -0.2) is 64.2 Å². The van der Waals surface area contributed by atoms with Crippen LogP contribution in [0.3, 0.4) is 0 Å². The van der Waals surface area contributed by atoms with E-state index in [9.17, 15) is 9.59 Å². The highest BCUT2D eigenvalue weighted by atomic mass is 16.5. The van der Waals surface area contributed by atoms with Gasteiger partial charge < -0.3 is 14.5 Å². The lowest BCUT2D eigenvalue weighted by Gasteiger charge is -2.39. The van der Waals surface area contributed by atoms with E-state index in [-0.39, 0.29) is 22.8 Å². The van der Waals surface area contributed by atoms with E-state index in [4.69, 9.17) is 4.74 Å². The number of ether oxygens (including phenoxy) is 1. The van der Waals surface area contributed by atoms with Crippen molar-refractivity contribution in [2.45, 2.75) is 65.3 Å². The number of carbonyl (C=O) groups excluding carboxylic acids is 2. The van der Waals surface area contributed by atoms with Gasteiger partial charge in [-0.3, -0.25) is 14.3 Å². The monoisotopic (exact) mass is 466 g/mol. The van der Waals surface area contributed by atoms with Gasteiger partial charge in [-0.1, -0.05) is 18.2 Å². The first-order valence-electron chi connectivity index (χ1n) is 12.5. The fourth-order valence-electron chi connectivity index (χ4n) is 5.16. The summed E-state index contributed by atoms with van der Waals surface area (Å²) in [4.78, 5) is 30.1. The summed E-state index contributed by atoms with van der Waals surface area (Å²) < 4.78 is 7.57. The van der Waals surface area contributed by atoms with Crippen LogP contribution in [0.1, 0.15) is 69.1 Å². The molecule has 2 aliphatic rings. The van der Waals surface area contributed by atoms with E-state index in [1.807, 2.05) is 57.8 Å². The number of likely N-dealkylation sites (tertiary alicyclic amines) is 2. The summed E-state index contributed by atoms with van der Waals surface area (Å²) in [7, 11) is 0. The van der Waals surface area contributed by atoms with E-state index in [1.165, 1.54) is 0 Å². The first-order chi connectivity index (χ1) is 16.2. The summed E-state index contributed by atoms with van der Waals surface area (Å²) in [5.74, 6) is 1.13. The van der Waals surface area contributed by atoms with Crippen LogP contribution in [0.4, 0.5) is 0 Å². The maximum Gasteiger partial charge on any atom is 0.272 e. The van der Waals surface area contributed by atoms with Crippen molar-refractivity contribution in [2.75, 3.05) is 32.8 Å². The van der Waals surface area contributed by atoms with Crippen LogP contribution >= 0.6 is 0 Å². The minimum Gasteiger partial charge on any atom is -0.494 e. The van der Waals surface area contributed by atoms with Gasteiger partial charge in [-0.05, 0) is 77.0 Å². The number of hydrogen-bond donors (Lipinski definition) is 0. The van der Waals surface area contributed by atoms with Gasteiger partial charge in [0, 0.05) is 32.6 Å². The Morgan fingerprint density at radius 1 is 1.03 bits per heavy atom. The lowest BCUT2D eigenvalue weighted by molar-refractivity contribution is -0.133. The van der Waals surface area contributed by atoms with Crippen LogP contribution in [0, 0.1) is 12.3 Å². The van der Waals surface area contributed by atoms with E-state index in [1.54, 1.807) is 0 Å². The Kier molecular flexibility index (Phi) is 7.01. The second-order valence-corrected chi connectivity index (χ2v) is 10.9. The lowest BCUT2D eigenvalue weighted by atomic mass is 9.77. The number of aryl methyl sites for hydroxylation is 1. The van der Waals surface area contributed by atoms with E-state index in [0.717, 1.165) is 63.3 Å². The largest absolute Gasteiger partial charge is 0.494 e. The number of rotatable bonds is 6. The number of benzene rings is 1. The first-order valence-corrected chi connectivity index (χ1v) is 12.5. The minimum atomic E-state index is -0.242. The third-order valence-corrected chi connectivity index (χ3v) is 7.14. The van der Waals surface area contributed by atoms with Crippen molar-refractivity contribution in [1.82, 2.24) is 19.6 Å². The van der Waals surface area contributed by atoms with Gasteiger partial charge in [-0.25, -0.2) is 0 Å². The van der Waals surface area contributed by atoms with Crippen molar-refractivity contribution in [2.24, 2.45) is 5.41 Å². The molecule has 1 spiro atoms. The normalized spacial score (nSPS) is 17.9. The molecule has 34 heavy (non-hydrogen) atoms. The highest BCUT2D eigenvalue weighted by Crippen LogP contribution is 2.41. The summed E-state index contributed by atoms with van der Waals surface area (Å²) in [6.07, 6.45) is 4.16. The third kappa shape index (κ3) is 5.45. The number of nitrogens with zero attached hydrogens (tertiary/aromatic N) is 4. The van der Waals surface area contributed by atoms with Gasteiger partial charge >= 0.3 is 0 Å². The molecule has 4 rings (SSSR count). The van der Waals surface area contributed by atoms with Crippen LogP contribution in [-0.2, 0) is 10.3 Å².